The summed E-state index contributed by atoms with van der Waals surface area (Å²) in [6.45, 7) is 5.80. The summed E-state index contributed by atoms with van der Waals surface area (Å²) in [5.74, 6) is -1.84. The predicted octanol–water partition coefficient (Wildman–Crippen LogP) is -4.24. The number of aliphatic hydroxyl groups excluding tert-OH is 9. The van der Waals surface area contributed by atoms with Crippen molar-refractivity contribution in [2.45, 2.75) is 156 Å². The highest BCUT2D eigenvalue weighted by Crippen LogP contribution is 2.33. The van der Waals surface area contributed by atoms with Gasteiger partial charge in [-0.3, -0.25) is 4.79 Å². The van der Waals surface area contributed by atoms with Gasteiger partial charge in [-0.1, -0.05) is 12.2 Å². The van der Waals surface area contributed by atoms with Crippen LogP contribution in [0.15, 0.2) is 24.3 Å². The highest BCUT2D eigenvalue weighted by Gasteiger charge is 2.54. The van der Waals surface area contributed by atoms with Gasteiger partial charge in [0.25, 0.3) is 0 Å². The lowest BCUT2D eigenvalue weighted by Gasteiger charge is -2.46. The highest BCUT2D eigenvalue weighted by molar-refractivity contribution is 5.87. The Morgan fingerprint density at radius 3 is 2.04 bits per heavy atom. The summed E-state index contributed by atoms with van der Waals surface area (Å²) in [6.07, 6.45) is -23.1. The summed E-state index contributed by atoms with van der Waals surface area (Å²) >= 11 is 0. The average Bonchev–Trinajstić information content (AvgIpc) is 3.12. The number of allylic oxidation sites excluding steroid dienone is 1. The minimum Gasteiger partial charge on any atom is -0.453 e. The van der Waals surface area contributed by atoms with Crippen LogP contribution < -0.4 is 0 Å². The van der Waals surface area contributed by atoms with E-state index in [4.69, 9.17) is 37.9 Å². The Balaban J connectivity index is 1.44. The molecule has 310 valence electrons. The molecular weight excluding hydrogens is 728 g/mol. The van der Waals surface area contributed by atoms with Crippen LogP contribution in [0, 0.1) is 0 Å². The maximum Gasteiger partial charge on any atom is 0.333 e. The molecule has 4 fully saturated rings. The van der Waals surface area contributed by atoms with Crippen molar-refractivity contribution < 1.29 is 98.5 Å². The van der Waals surface area contributed by atoms with Crippen molar-refractivity contribution in [3.05, 3.63) is 24.3 Å². The van der Waals surface area contributed by atoms with E-state index in [2.05, 4.69) is 6.58 Å². The Kier molecular flexibility index (Phi) is 15.9. The van der Waals surface area contributed by atoms with Crippen molar-refractivity contribution in [3.8, 4) is 0 Å². The van der Waals surface area contributed by atoms with Gasteiger partial charge in [0, 0.05) is 12.5 Å². The average molecular weight is 783 g/mol. The zero-order valence-corrected chi connectivity index (χ0v) is 30.2. The van der Waals surface area contributed by atoms with E-state index in [-0.39, 0.29) is 31.3 Å². The molecule has 10 N–H and O–H groups in total. The highest BCUT2D eigenvalue weighted by atomic mass is 16.8. The standard InChI is InChI=1S/C34H54O20/c1-5-34(4,46)10-6-7-14(2)30(45)53-28-24(42)19(11-35)51-33(49-15(3)36)29(28)54-31-25(43)23(41)20(13-48-31)52-32-26(44)27(17(38)12-47-32)50-18-9-8-16(37)21(39)22(18)40/h5,7,16-29,31-33,35,37-44,46H,1,6,8-13H2,2-4H3/b14-7+. The number of carbonyl (C=O) groups is 2. The molecule has 3 heterocycles. The predicted molar refractivity (Wildman–Crippen MR) is 176 cm³/mol. The summed E-state index contributed by atoms with van der Waals surface area (Å²) in [5.41, 5.74) is -1.13. The molecule has 4 aliphatic rings. The van der Waals surface area contributed by atoms with Crippen LogP contribution >= 0.6 is 0 Å². The molecule has 1 aliphatic carbocycles. The van der Waals surface area contributed by atoms with Crippen LogP contribution in [0.3, 0.4) is 0 Å². The van der Waals surface area contributed by atoms with Crippen molar-refractivity contribution in [3.63, 3.8) is 0 Å². The normalized spacial score (nSPS) is 43.1. The van der Waals surface area contributed by atoms with E-state index in [0.717, 1.165) is 6.92 Å². The number of esters is 2. The van der Waals surface area contributed by atoms with Crippen molar-refractivity contribution >= 4 is 11.9 Å². The number of hydrogen-bond acceptors (Lipinski definition) is 20. The van der Waals surface area contributed by atoms with E-state index < -0.39 is 142 Å². The van der Waals surface area contributed by atoms with Crippen LogP contribution in [0.2, 0.25) is 0 Å². The second-order valence-corrected chi connectivity index (χ2v) is 14.2. The second kappa shape index (κ2) is 19.3. The number of rotatable bonds is 14. The van der Waals surface area contributed by atoms with Crippen molar-refractivity contribution in [1.29, 1.82) is 0 Å². The smallest absolute Gasteiger partial charge is 0.333 e. The molecular formula is C34H54O20. The van der Waals surface area contributed by atoms with Gasteiger partial charge in [0.05, 0.1) is 37.6 Å². The van der Waals surface area contributed by atoms with E-state index in [1.54, 1.807) is 0 Å². The van der Waals surface area contributed by atoms with Gasteiger partial charge in [0.2, 0.25) is 6.29 Å². The minimum absolute atomic E-state index is 0.0693. The Labute approximate surface area is 311 Å². The van der Waals surface area contributed by atoms with Gasteiger partial charge in [-0.15, -0.1) is 6.58 Å². The van der Waals surface area contributed by atoms with Crippen LogP contribution in [-0.2, 0) is 47.5 Å². The molecule has 20 heteroatoms. The third-order valence-electron chi connectivity index (χ3n) is 9.85. The molecule has 4 rings (SSSR count). The summed E-state index contributed by atoms with van der Waals surface area (Å²) in [4.78, 5) is 25.1. The van der Waals surface area contributed by atoms with Gasteiger partial charge in [0.1, 0.15) is 61.0 Å². The van der Waals surface area contributed by atoms with Crippen LogP contribution in [-0.4, -0.2) is 193 Å². The Bertz CT molecular complexity index is 1280. The number of aliphatic hydroxyl groups is 10. The Hall–Kier alpha value is -2.22. The lowest BCUT2D eigenvalue weighted by Crippen LogP contribution is -2.65. The summed E-state index contributed by atoms with van der Waals surface area (Å²) in [5, 5.41) is 105. The van der Waals surface area contributed by atoms with Crippen LogP contribution in [0.1, 0.15) is 46.5 Å². The molecule has 0 amide bonds. The first kappa shape index (κ1) is 44.5. The first-order valence-corrected chi connectivity index (χ1v) is 17.7. The molecule has 18 atom stereocenters. The van der Waals surface area contributed by atoms with Gasteiger partial charge >= 0.3 is 11.9 Å². The first-order chi connectivity index (χ1) is 25.4. The molecule has 54 heavy (non-hydrogen) atoms. The van der Waals surface area contributed by atoms with E-state index >= 15 is 0 Å². The largest absolute Gasteiger partial charge is 0.453 e. The molecule has 0 spiro atoms. The molecule has 0 radical (unpaired) electrons. The van der Waals surface area contributed by atoms with Gasteiger partial charge in [-0.2, -0.15) is 0 Å². The van der Waals surface area contributed by atoms with Gasteiger partial charge in [-0.25, -0.2) is 4.79 Å². The molecule has 3 aliphatic heterocycles. The molecule has 0 bridgehead atoms. The van der Waals surface area contributed by atoms with Crippen molar-refractivity contribution in [2.24, 2.45) is 0 Å². The summed E-state index contributed by atoms with van der Waals surface area (Å²) in [7, 11) is 0. The molecule has 0 aromatic rings. The number of hydrogen-bond donors (Lipinski definition) is 10. The van der Waals surface area contributed by atoms with Gasteiger partial charge in [-0.05, 0) is 39.5 Å². The summed E-state index contributed by atoms with van der Waals surface area (Å²) in [6, 6.07) is 0. The topological polar surface area (TPSA) is 310 Å². The van der Waals surface area contributed by atoms with E-state index in [1.807, 2.05) is 0 Å². The number of ether oxygens (including phenoxy) is 8. The van der Waals surface area contributed by atoms with Crippen LogP contribution in [0.4, 0.5) is 0 Å². The molecule has 1 saturated carbocycles. The fraction of sp³-hybridized carbons (Fsp3) is 0.824. The maximum absolute atomic E-state index is 13.1. The zero-order chi connectivity index (χ0) is 40.1. The summed E-state index contributed by atoms with van der Waals surface area (Å²) < 4.78 is 44.6. The third kappa shape index (κ3) is 10.8. The minimum atomic E-state index is -1.94. The van der Waals surface area contributed by atoms with Gasteiger partial charge in [0.15, 0.2) is 24.8 Å². The van der Waals surface area contributed by atoms with Crippen LogP contribution in [0.5, 0.6) is 0 Å². The maximum atomic E-state index is 13.1. The lowest BCUT2D eigenvalue weighted by molar-refractivity contribution is -0.364. The Morgan fingerprint density at radius 1 is 0.741 bits per heavy atom. The quantitative estimate of drug-likeness (QED) is 0.0453. The van der Waals surface area contributed by atoms with Crippen molar-refractivity contribution in [1.82, 2.24) is 0 Å². The lowest BCUT2D eigenvalue weighted by atomic mass is 9.89. The van der Waals surface area contributed by atoms with E-state index in [9.17, 15) is 60.7 Å². The van der Waals surface area contributed by atoms with Gasteiger partial charge < -0.3 is 89.0 Å². The molecule has 20 nitrogen and oxygen atoms in total. The van der Waals surface area contributed by atoms with E-state index in [1.165, 1.54) is 26.0 Å². The molecule has 3 saturated heterocycles. The Morgan fingerprint density at radius 2 is 1.39 bits per heavy atom. The third-order valence-corrected chi connectivity index (χ3v) is 9.85. The first-order valence-electron chi connectivity index (χ1n) is 17.7. The zero-order valence-electron chi connectivity index (χ0n) is 30.2. The fourth-order valence-electron chi connectivity index (χ4n) is 6.43. The molecule has 0 aromatic heterocycles. The number of carbonyl (C=O) groups excluding carboxylic acids is 2. The SMILES string of the molecule is C=CC(C)(O)CC/C=C(\C)C(=O)OC1C(O)C(CO)OC(OC(C)=O)C1OC1OCC(OC2OCC(O)C(OC3CCC(O)C(O)C3O)C2O)C(O)C1O. The fourth-order valence-corrected chi connectivity index (χ4v) is 6.43. The molecule has 18 unspecified atom stereocenters. The van der Waals surface area contributed by atoms with Crippen molar-refractivity contribution in [2.75, 3.05) is 19.8 Å². The van der Waals surface area contributed by atoms with Crippen LogP contribution in [0.25, 0.3) is 0 Å². The second-order valence-electron chi connectivity index (χ2n) is 14.2. The van der Waals surface area contributed by atoms with E-state index in [0.29, 0.717) is 0 Å². The monoisotopic (exact) mass is 782 g/mol. The molecule has 0 aromatic carbocycles.